The number of halogens is 1. The van der Waals surface area contributed by atoms with Crippen LogP contribution in [0.25, 0.3) is 10.9 Å². The Bertz CT molecular complexity index is 962. The van der Waals surface area contributed by atoms with Gasteiger partial charge in [-0.3, -0.25) is 4.79 Å². The number of nitrogens with zero attached hydrogens (tertiary/aromatic N) is 2. The van der Waals surface area contributed by atoms with Gasteiger partial charge in [-0.15, -0.1) is 0 Å². The Labute approximate surface area is 169 Å². The smallest absolute Gasteiger partial charge is 0.343 e. The van der Waals surface area contributed by atoms with Crippen molar-refractivity contribution < 1.29 is 13.9 Å². The summed E-state index contributed by atoms with van der Waals surface area (Å²) < 4.78 is 22.2. The maximum absolute atomic E-state index is 14.9. The Balaban J connectivity index is 1.73. The number of unbranched alkanes of at least 4 members (excludes halogenated alkanes) is 2. The SMILES string of the molecule is CCCCCOC(=O)c1cn(C2CC2)c2cc(N3CCNCC3)c(F)cc2c1=O. The Morgan fingerprint density at radius 1 is 1.24 bits per heavy atom. The second-order valence-corrected chi connectivity index (χ2v) is 7.91. The third kappa shape index (κ3) is 4.15. The average Bonchev–Trinajstić information content (AvgIpc) is 3.57. The molecule has 1 saturated carbocycles. The summed E-state index contributed by atoms with van der Waals surface area (Å²) in [7, 11) is 0. The van der Waals surface area contributed by atoms with E-state index >= 15 is 0 Å². The molecule has 156 valence electrons. The van der Waals surface area contributed by atoms with Crippen LogP contribution in [0.4, 0.5) is 10.1 Å². The molecule has 29 heavy (non-hydrogen) atoms. The zero-order chi connectivity index (χ0) is 20.4. The second-order valence-electron chi connectivity index (χ2n) is 7.91. The molecule has 1 saturated heterocycles. The van der Waals surface area contributed by atoms with Gasteiger partial charge in [0, 0.05) is 43.8 Å². The highest BCUT2D eigenvalue weighted by Crippen LogP contribution is 2.38. The molecule has 0 amide bonds. The molecule has 2 fully saturated rings. The van der Waals surface area contributed by atoms with Gasteiger partial charge in [0.1, 0.15) is 11.4 Å². The molecule has 0 radical (unpaired) electrons. The van der Waals surface area contributed by atoms with Crippen molar-refractivity contribution in [2.75, 3.05) is 37.7 Å². The standard InChI is InChI=1S/C22H28FN3O3/c1-2-3-4-11-29-22(28)17-14-26(15-5-6-15)19-13-20(25-9-7-24-8-10-25)18(23)12-16(19)21(17)27/h12-15,24H,2-11H2,1H3. The number of esters is 1. The fourth-order valence-electron chi connectivity index (χ4n) is 3.90. The second kappa shape index (κ2) is 8.53. The van der Waals surface area contributed by atoms with E-state index in [2.05, 4.69) is 12.2 Å². The van der Waals surface area contributed by atoms with Crippen molar-refractivity contribution in [3.05, 3.63) is 39.9 Å². The minimum absolute atomic E-state index is 0.00443. The van der Waals surface area contributed by atoms with Gasteiger partial charge < -0.3 is 19.5 Å². The lowest BCUT2D eigenvalue weighted by Crippen LogP contribution is -2.43. The van der Waals surface area contributed by atoms with E-state index in [1.54, 1.807) is 12.3 Å². The molecular weight excluding hydrogens is 373 g/mol. The summed E-state index contributed by atoms with van der Waals surface area (Å²) in [6, 6.07) is 3.31. The molecular formula is C22H28FN3O3. The molecule has 0 atom stereocenters. The van der Waals surface area contributed by atoms with Crippen molar-refractivity contribution in [3.63, 3.8) is 0 Å². The molecule has 1 aliphatic carbocycles. The summed E-state index contributed by atoms with van der Waals surface area (Å²) in [5.41, 5.74) is 0.746. The minimum atomic E-state index is -0.617. The fraction of sp³-hybridized carbons (Fsp3) is 0.545. The Morgan fingerprint density at radius 2 is 2.00 bits per heavy atom. The summed E-state index contributed by atoms with van der Waals surface area (Å²) in [5, 5.41) is 3.51. The van der Waals surface area contributed by atoms with Gasteiger partial charge in [0.25, 0.3) is 0 Å². The van der Waals surface area contributed by atoms with Gasteiger partial charge in [-0.1, -0.05) is 19.8 Å². The Hall–Kier alpha value is -2.41. The largest absolute Gasteiger partial charge is 0.462 e. The number of aromatic nitrogens is 1. The zero-order valence-corrected chi connectivity index (χ0v) is 16.9. The maximum Gasteiger partial charge on any atom is 0.343 e. The number of fused-ring (bicyclic) bond motifs is 1. The van der Waals surface area contributed by atoms with E-state index in [9.17, 15) is 14.0 Å². The first kappa shape index (κ1) is 19.9. The van der Waals surface area contributed by atoms with Gasteiger partial charge in [-0.25, -0.2) is 9.18 Å². The van der Waals surface area contributed by atoms with Crippen molar-refractivity contribution in [3.8, 4) is 0 Å². The van der Waals surface area contributed by atoms with Crippen LogP contribution in [0, 0.1) is 5.82 Å². The predicted octanol–water partition coefficient (Wildman–Crippen LogP) is 3.23. The zero-order valence-electron chi connectivity index (χ0n) is 16.9. The fourth-order valence-corrected chi connectivity index (χ4v) is 3.90. The van der Waals surface area contributed by atoms with Crippen LogP contribution in [0.2, 0.25) is 0 Å². The van der Waals surface area contributed by atoms with E-state index in [0.29, 0.717) is 17.8 Å². The molecule has 1 N–H and O–H groups in total. The molecule has 1 aromatic heterocycles. The molecule has 2 aromatic rings. The Kier molecular flexibility index (Phi) is 5.85. The number of anilines is 1. The molecule has 7 heteroatoms. The maximum atomic E-state index is 14.9. The van der Waals surface area contributed by atoms with Crippen LogP contribution >= 0.6 is 0 Å². The predicted molar refractivity (Wildman–Crippen MR) is 111 cm³/mol. The highest BCUT2D eigenvalue weighted by atomic mass is 19.1. The average molecular weight is 401 g/mol. The number of pyridine rings is 1. The van der Waals surface area contributed by atoms with Crippen LogP contribution in [-0.4, -0.2) is 43.3 Å². The van der Waals surface area contributed by atoms with E-state index in [1.807, 2.05) is 9.47 Å². The summed E-state index contributed by atoms with van der Waals surface area (Å²) in [6.07, 6.45) is 6.36. The molecule has 4 rings (SSSR count). The third-order valence-electron chi connectivity index (χ3n) is 5.70. The van der Waals surface area contributed by atoms with Crippen LogP contribution < -0.4 is 15.6 Å². The molecule has 2 heterocycles. The normalized spacial score (nSPS) is 17.0. The number of hydrogen-bond donors (Lipinski definition) is 1. The van der Waals surface area contributed by atoms with Crippen LogP contribution in [-0.2, 0) is 4.74 Å². The molecule has 1 aromatic carbocycles. The first-order valence-electron chi connectivity index (χ1n) is 10.6. The van der Waals surface area contributed by atoms with Gasteiger partial charge >= 0.3 is 5.97 Å². The lowest BCUT2D eigenvalue weighted by molar-refractivity contribution is 0.0496. The Morgan fingerprint density at radius 3 is 2.69 bits per heavy atom. The van der Waals surface area contributed by atoms with Crippen LogP contribution in [0.3, 0.4) is 0 Å². The summed E-state index contributed by atoms with van der Waals surface area (Å²) in [6.45, 7) is 5.41. The summed E-state index contributed by atoms with van der Waals surface area (Å²) >= 11 is 0. The topological polar surface area (TPSA) is 63.6 Å². The van der Waals surface area contributed by atoms with Gasteiger partial charge in [-0.05, 0) is 31.4 Å². The monoisotopic (exact) mass is 401 g/mol. The third-order valence-corrected chi connectivity index (χ3v) is 5.70. The van der Waals surface area contributed by atoms with E-state index in [-0.39, 0.29) is 17.0 Å². The lowest BCUT2D eigenvalue weighted by Gasteiger charge is -2.30. The first-order valence-corrected chi connectivity index (χ1v) is 10.6. The van der Waals surface area contributed by atoms with Gasteiger partial charge in [0.15, 0.2) is 0 Å². The van der Waals surface area contributed by atoms with Crippen LogP contribution in [0.5, 0.6) is 0 Å². The van der Waals surface area contributed by atoms with Crippen molar-refractivity contribution in [2.24, 2.45) is 0 Å². The summed E-state index contributed by atoms with van der Waals surface area (Å²) in [4.78, 5) is 27.5. The van der Waals surface area contributed by atoms with Crippen molar-refractivity contribution >= 4 is 22.6 Å². The van der Waals surface area contributed by atoms with Gasteiger partial charge in [0.05, 0.1) is 17.8 Å². The number of nitrogens with one attached hydrogen (secondary N) is 1. The van der Waals surface area contributed by atoms with Gasteiger partial charge in [0.2, 0.25) is 5.43 Å². The van der Waals surface area contributed by atoms with Crippen molar-refractivity contribution in [1.29, 1.82) is 0 Å². The van der Waals surface area contributed by atoms with E-state index in [4.69, 9.17) is 4.74 Å². The van der Waals surface area contributed by atoms with E-state index in [0.717, 1.165) is 58.3 Å². The lowest BCUT2D eigenvalue weighted by atomic mass is 10.1. The molecule has 0 bridgehead atoms. The number of rotatable bonds is 7. The molecule has 1 aliphatic heterocycles. The highest BCUT2D eigenvalue weighted by Gasteiger charge is 2.28. The number of benzene rings is 1. The van der Waals surface area contributed by atoms with Gasteiger partial charge in [-0.2, -0.15) is 0 Å². The van der Waals surface area contributed by atoms with Crippen LogP contribution in [0.1, 0.15) is 55.4 Å². The van der Waals surface area contributed by atoms with E-state index < -0.39 is 17.2 Å². The summed E-state index contributed by atoms with van der Waals surface area (Å²) in [5.74, 6) is -1.04. The number of carbonyl (C=O) groups excluding carboxylic acids is 1. The first-order chi connectivity index (χ1) is 14.1. The number of piperazine rings is 1. The van der Waals surface area contributed by atoms with Crippen molar-refractivity contribution in [1.82, 2.24) is 9.88 Å². The van der Waals surface area contributed by atoms with Crippen molar-refractivity contribution in [2.45, 2.75) is 45.1 Å². The molecule has 0 unspecified atom stereocenters. The molecule has 0 spiro atoms. The quantitative estimate of drug-likeness (QED) is 0.570. The number of hydrogen-bond acceptors (Lipinski definition) is 5. The molecule has 2 aliphatic rings. The van der Waals surface area contributed by atoms with Crippen LogP contribution in [0.15, 0.2) is 23.1 Å². The molecule has 6 nitrogen and oxygen atoms in total. The number of ether oxygens (including phenoxy) is 1. The van der Waals surface area contributed by atoms with E-state index in [1.165, 1.54) is 6.07 Å². The minimum Gasteiger partial charge on any atom is -0.462 e. The highest BCUT2D eigenvalue weighted by molar-refractivity contribution is 5.94. The number of carbonyl (C=O) groups is 1.